The highest BCUT2D eigenvalue weighted by atomic mass is 35.5. The molecule has 1 aliphatic rings. The van der Waals surface area contributed by atoms with Crippen molar-refractivity contribution in [1.29, 1.82) is 0 Å². The Hall–Kier alpha value is -0.380. The Balaban J connectivity index is 2.00. The molecule has 0 aromatic heterocycles. The van der Waals surface area contributed by atoms with Crippen LogP contribution in [0.5, 0.6) is 0 Å². The van der Waals surface area contributed by atoms with Crippen LogP contribution >= 0.6 is 23.4 Å². The van der Waals surface area contributed by atoms with Crippen molar-refractivity contribution in [3.8, 4) is 0 Å². The summed E-state index contributed by atoms with van der Waals surface area (Å²) in [5.74, 6) is 2.50. The van der Waals surface area contributed by atoms with Gasteiger partial charge in [0.15, 0.2) is 0 Å². The van der Waals surface area contributed by atoms with Crippen LogP contribution in [0, 0.1) is 0 Å². The van der Waals surface area contributed by atoms with E-state index in [-0.39, 0.29) is 0 Å². The van der Waals surface area contributed by atoms with E-state index in [0.717, 1.165) is 37.6 Å². The summed E-state index contributed by atoms with van der Waals surface area (Å²) in [7, 11) is 0. The van der Waals surface area contributed by atoms with E-state index in [1.807, 2.05) is 0 Å². The number of halogens is 1. The molecule has 19 heavy (non-hydrogen) atoms. The van der Waals surface area contributed by atoms with Crippen LogP contribution in [0.2, 0.25) is 5.02 Å². The minimum absolute atomic E-state index is 0.864. The first kappa shape index (κ1) is 15.0. The Morgan fingerprint density at radius 3 is 3.00 bits per heavy atom. The fourth-order valence-corrected chi connectivity index (χ4v) is 3.41. The lowest BCUT2D eigenvalue weighted by Gasteiger charge is -2.23. The van der Waals surface area contributed by atoms with E-state index in [4.69, 9.17) is 11.6 Å². The van der Waals surface area contributed by atoms with Gasteiger partial charge in [-0.15, -0.1) is 0 Å². The van der Waals surface area contributed by atoms with Crippen molar-refractivity contribution >= 4 is 29.1 Å². The fraction of sp³-hybridized carbons (Fsp3) is 0.600. The summed E-state index contributed by atoms with van der Waals surface area (Å²) in [6.07, 6.45) is 2.42. The summed E-state index contributed by atoms with van der Waals surface area (Å²) in [4.78, 5) is 2.45. The van der Waals surface area contributed by atoms with Crippen LogP contribution in [0.4, 0.5) is 5.69 Å². The molecular formula is C15H23ClN2S. The van der Waals surface area contributed by atoms with Gasteiger partial charge in [-0.05, 0) is 42.8 Å². The van der Waals surface area contributed by atoms with Gasteiger partial charge in [-0.25, -0.2) is 0 Å². The average Bonchev–Trinajstić information content (AvgIpc) is 2.70. The predicted molar refractivity (Wildman–Crippen MR) is 87.6 cm³/mol. The second kappa shape index (κ2) is 8.03. The molecule has 0 atom stereocenters. The number of thioether (sulfide) groups is 1. The zero-order chi connectivity index (χ0) is 13.5. The Labute approximate surface area is 125 Å². The summed E-state index contributed by atoms with van der Waals surface area (Å²) < 4.78 is 0. The molecule has 0 radical (unpaired) electrons. The Kier molecular flexibility index (Phi) is 6.35. The molecule has 1 saturated heterocycles. The van der Waals surface area contributed by atoms with E-state index in [0.29, 0.717) is 0 Å². The van der Waals surface area contributed by atoms with Crippen molar-refractivity contribution in [2.75, 3.05) is 36.0 Å². The zero-order valence-electron chi connectivity index (χ0n) is 11.6. The second-order valence-electron chi connectivity index (χ2n) is 4.91. The normalized spacial score (nSPS) is 16.4. The lowest BCUT2D eigenvalue weighted by Crippen LogP contribution is -2.25. The van der Waals surface area contributed by atoms with Crippen molar-refractivity contribution in [3.05, 3.63) is 28.8 Å². The molecular weight excluding hydrogens is 276 g/mol. The second-order valence-corrected chi connectivity index (χ2v) is 6.54. The fourth-order valence-electron chi connectivity index (χ4n) is 2.28. The van der Waals surface area contributed by atoms with Gasteiger partial charge in [-0.2, -0.15) is 11.8 Å². The molecule has 0 amide bonds. The summed E-state index contributed by atoms with van der Waals surface area (Å²) in [6.45, 7) is 6.37. The maximum absolute atomic E-state index is 6.40. The first-order valence-corrected chi connectivity index (χ1v) is 8.66. The van der Waals surface area contributed by atoms with Crippen molar-refractivity contribution < 1.29 is 0 Å². The van der Waals surface area contributed by atoms with Crippen LogP contribution in [0.15, 0.2) is 18.2 Å². The van der Waals surface area contributed by atoms with E-state index in [1.165, 1.54) is 29.2 Å². The minimum atomic E-state index is 0.864. The Morgan fingerprint density at radius 2 is 2.21 bits per heavy atom. The Bertz CT molecular complexity index is 390. The van der Waals surface area contributed by atoms with Crippen LogP contribution in [0.3, 0.4) is 0 Å². The van der Waals surface area contributed by atoms with E-state index in [2.05, 4.69) is 47.1 Å². The highest BCUT2D eigenvalue weighted by molar-refractivity contribution is 7.99. The first-order valence-electron chi connectivity index (χ1n) is 7.13. The van der Waals surface area contributed by atoms with Crippen molar-refractivity contribution in [1.82, 2.24) is 5.32 Å². The SMILES string of the molecule is CCCNCc1ccc(N2CCCSCC2)cc1Cl. The van der Waals surface area contributed by atoms with Crippen molar-refractivity contribution in [2.24, 2.45) is 0 Å². The maximum Gasteiger partial charge on any atom is 0.0471 e. The summed E-state index contributed by atoms with van der Waals surface area (Å²) >= 11 is 8.45. The van der Waals surface area contributed by atoms with Gasteiger partial charge in [0.05, 0.1) is 0 Å². The molecule has 1 aromatic rings. The molecule has 0 spiro atoms. The topological polar surface area (TPSA) is 15.3 Å². The number of nitrogens with one attached hydrogen (secondary N) is 1. The van der Waals surface area contributed by atoms with Crippen LogP contribution in [-0.4, -0.2) is 31.1 Å². The molecule has 0 unspecified atom stereocenters. The smallest absolute Gasteiger partial charge is 0.0471 e. The average molecular weight is 299 g/mol. The molecule has 1 aromatic carbocycles. The maximum atomic E-state index is 6.40. The number of anilines is 1. The number of hydrogen-bond acceptors (Lipinski definition) is 3. The molecule has 1 heterocycles. The number of benzene rings is 1. The van der Waals surface area contributed by atoms with E-state index in [1.54, 1.807) is 0 Å². The van der Waals surface area contributed by atoms with Crippen LogP contribution < -0.4 is 10.2 Å². The van der Waals surface area contributed by atoms with Crippen LogP contribution in [0.1, 0.15) is 25.3 Å². The number of hydrogen-bond donors (Lipinski definition) is 1. The van der Waals surface area contributed by atoms with E-state index in [9.17, 15) is 0 Å². The third-order valence-electron chi connectivity index (χ3n) is 3.37. The summed E-state index contributed by atoms with van der Waals surface area (Å²) in [5, 5.41) is 4.29. The molecule has 0 saturated carbocycles. The third-order valence-corrected chi connectivity index (χ3v) is 4.77. The predicted octanol–water partition coefficient (Wildman–Crippen LogP) is 3.78. The molecule has 2 rings (SSSR count). The van der Waals surface area contributed by atoms with Crippen LogP contribution in [-0.2, 0) is 6.54 Å². The van der Waals surface area contributed by atoms with Gasteiger partial charge >= 0.3 is 0 Å². The lowest BCUT2D eigenvalue weighted by molar-refractivity contribution is 0.675. The highest BCUT2D eigenvalue weighted by Gasteiger charge is 2.11. The molecule has 1 aliphatic heterocycles. The summed E-state index contributed by atoms with van der Waals surface area (Å²) in [5.41, 5.74) is 2.47. The van der Waals surface area contributed by atoms with Gasteiger partial charge < -0.3 is 10.2 Å². The zero-order valence-corrected chi connectivity index (χ0v) is 13.2. The standard InChI is InChI=1S/C15H23ClN2S/c1-2-6-17-12-13-4-5-14(11-15(13)16)18-7-3-9-19-10-8-18/h4-5,11,17H,2-3,6-10,12H2,1H3. The van der Waals surface area contributed by atoms with Gasteiger partial charge in [-0.3, -0.25) is 0 Å². The van der Waals surface area contributed by atoms with Gasteiger partial charge in [0.25, 0.3) is 0 Å². The number of rotatable bonds is 5. The molecule has 0 bridgehead atoms. The van der Waals surface area contributed by atoms with E-state index < -0.39 is 0 Å². The highest BCUT2D eigenvalue weighted by Crippen LogP contribution is 2.25. The van der Waals surface area contributed by atoms with Gasteiger partial charge in [-0.1, -0.05) is 24.6 Å². The lowest BCUT2D eigenvalue weighted by atomic mass is 10.2. The third kappa shape index (κ3) is 4.59. The molecule has 4 heteroatoms. The van der Waals surface area contributed by atoms with Gasteiger partial charge in [0.2, 0.25) is 0 Å². The molecule has 1 N–H and O–H groups in total. The molecule has 0 aliphatic carbocycles. The Morgan fingerprint density at radius 1 is 1.32 bits per heavy atom. The largest absolute Gasteiger partial charge is 0.371 e. The minimum Gasteiger partial charge on any atom is -0.371 e. The first-order chi connectivity index (χ1) is 9.31. The summed E-state index contributed by atoms with van der Waals surface area (Å²) in [6, 6.07) is 6.50. The number of nitrogens with zero attached hydrogens (tertiary/aromatic N) is 1. The van der Waals surface area contributed by atoms with Gasteiger partial charge in [0.1, 0.15) is 0 Å². The van der Waals surface area contributed by atoms with Crippen LogP contribution in [0.25, 0.3) is 0 Å². The quantitative estimate of drug-likeness (QED) is 0.833. The molecule has 1 fully saturated rings. The van der Waals surface area contributed by atoms with Crippen molar-refractivity contribution in [2.45, 2.75) is 26.3 Å². The molecule has 2 nitrogen and oxygen atoms in total. The van der Waals surface area contributed by atoms with Gasteiger partial charge in [0, 0.05) is 36.1 Å². The van der Waals surface area contributed by atoms with Crippen molar-refractivity contribution in [3.63, 3.8) is 0 Å². The molecule has 106 valence electrons. The van der Waals surface area contributed by atoms with E-state index >= 15 is 0 Å². The monoisotopic (exact) mass is 298 g/mol.